The highest BCUT2D eigenvalue weighted by Gasteiger charge is 2.28. The van der Waals surface area contributed by atoms with E-state index in [1.165, 1.54) is 24.2 Å². The molecule has 0 fully saturated rings. The van der Waals surface area contributed by atoms with Gasteiger partial charge in [-0.25, -0.2) is 0 Å². The third-order valence-electron chi connectivity index (χ3n) is 3.16. The summed E-state index contributed by atoms with van der Waals surface area (Å²) in [6.07, 6.45) is 3.80. The molecule has 2 N–H and O–H groups in total. The molecule has 0 saturated carbocycles. The standard InChI is InChI=1S/C14H20N2OS/c1-3-4-5-8-18-10-6-7-11-12(9-10)16-14(17)13(11)15-2/h6-7,9,13,15H,3-5,8H2,1-2H3,(H,16,17). The Kier molecular flexibility index (Phi) is 4.66. The van der Waals surface area contributed by atoms with Gasteiger partial charge in [-0.15, -0.1) is 11.8 Å². The average Bonchev–Trinajstić information content (AvgIpc) is 2.69. The van der Waals surface area contributed by atoms with Crippen molar-refractivity contribution in [2.24, 2.45) is 0 Å². The zero-order valence-corrected chi connectivity index (χ0v) is 11.8. The van der Waals surface area contributed by atoms with Crippen LogP contribution in [0, 0.1) is 0 Å². The SMILES string of the molecule is CCCCCSc1ccc2c(c1)NC(=O)C2NC. The Bertz CT molecular complexity index is 434. The van der Waals surface area contributed by atoms with Crippen LogP contribution >= 0.6 is 11.8 Å². The highest BCUT2D eigenvalue weighted by molar-refractivity contribution is 7.99. The number of hydrogen-bond acceptors (Lipinski definition) is 3. The van der Waals surface area contributed by atoms with Crippen molar-refractivity contribution >= 4 is 23.4 Å². The van der Waals surface area contributed by atoms with Crippen molar-refractivity contribution in [2.75, 3.05) is 18.1 Å². The summed E-state index contributed by atoms with van der Waals surface area (Å²) >= 11 is 1.86. The van der Waals surface area contributed by atoms with Gasteiger partial charge < -0.3 is 10.6 Å². The number of likely N-dealkylation sites (N-methyl/N-ethyl adjacent to an activating group) is 1. The van der Waals surface area contributed by atoms with Crippen LogP contribution in [-0.2, 0) is 4.79 Å². The second-order valence-corrected chi connectivity index (χ2v) is 5.68. The molecule has 1 aromatic rings. The first-order valence-corrected chi connectivity index (χ1v) is 7.49. The second kappa shape index (κ2) is 6.25. The molecule has 18 heavy (non-hydrogen) atoms. The Morgan fingerprint density at radius 1 is 1.39 bits per heavy atom. The number of thioether (sulfide) groups is 1. The van der Waals surface area contributed by atoms with Gasteiger partial charge in [0.25, 0.3) is 0 Å². The molecule has 1 atom stereocenters. The van der Waals surface area contributed by atoms with E-state index in [-0.39, 0.29) is 11.9 Å². The topological polar surface area (TPSA) is 41.1 Å². The van der Waals surface area contributed by atoms with Gasteiger partial charge in [-0.2, -0.15) is 0 Å². The van der Waals surface area contributed by atoms with Crippen LogP contribution in [0.15, 0.2) is 23.1 Å². The summed E-state index contributed by atoms with van der Waals surface area (Å²) in [4.78, 5) is 12.9. The summed E-state index contributed by atoms with van der Waals surface area (Å²) < 4.78 is 0. The van der Waals surface area contributed by atoms with Crippen molar-refractivity contribution in [2.45, 2.75) is 37.1 Å². The number of hydrogen-bond donors (Lipinski definition) is 2. The number of carbonyl (C=O) groups is 1. The van der Waals surface area contributed by atoms with Crippen LogP contribution in [0.4, 0.5) is 5.69 Å². The fourth-order valence-electron chi connectivity index (χ4n) is 2.16. The lowest BCUT2D eigenvalue weighted by Gasteiger charge is -2.07. The van der Waals surface area contributed by atoms with E-state index in [0.717, 1.165) is 17.0 Å². The molecule has 4 heteroatoms. The second-order valence-electron chi connectivity index (χ2n) is 4.52. The quantitative estimate of drug-likeness (QED) is 0.612. The van der Waals surface area contributed by atoms with Gasteiger partial charge >= 0.3 is 0 Å². The lowest BCUT2D eigenvalue weighted by atomic mass is 10.1. The number of nitrogens with one attached hydrogen (secondary N) is 2. The largest absolute Gasteiger partial charge is 0.324 e. The Labute approximate surface area is 113 Å². The first-order chi connectivity index (χ1) is 8.76. The van der Waals surface area contributed by atoms with E-state index in [4.69, 9.17) is 0 Å². The molecule has 1 amide bonds. The molecule has 1 unspecified atom stereocenters. The number of amides is 1. The minimum Gasteiger partial charge on any atom is -0.324 e. The molecular formula is C14H20N2OS. The normalized spacial score (nSPS) is 17.7. The molecule has 1 heterocycles. The van der Waals surface area contributed by atoms with Gasteiger partial charge in [-0.3, -0.25) is 4.79 Å². The summed E-state index contributed by atoms with van der Waals surface area (Å²) in [5.41, 5.74) is 2.01. The van der Waals surface area contributed by atoms with Crippen LogP contribution in [-0.4, -0.2) is 18.7 Å². The summed E-state index contributed by atoms with van der Waals surface area (Å²) in [5.74, 6) is 1.19. The van der Waals surface area contributed by atoms with Crippen molar-refractivity contribution in [3.05, 3.63) is 23.8 Å². The van der Waals surface area contributed by atoms with E-state index in [0.29, 0.717) is 0 Å². The molecular weight excluding hydrogens is 244 g/mol. The van der Waals surface area contributed by atoms with Crippen LogP contribution in [0.3, 0.4) is 0 Å². The van der Waals surface area contributed by atoms with Crippen LogP contribution in [0.1, 0.15) is 37.8 Å². The monoisotopic (exact) mass is 264 g/mol. The minimum absolute atomic E-state index is 0.0423. The molecule has 98 valence electrons. The molecule has 0 aromatic heterocycles. The van der Waals surface area contributed by atoms with E-state index in [9.17, 15) is 4.79 Å². The van der Waals surface area contributed by atoms with Gasteiger partial charge in [0.1, 0.15) is 6.04 Å². The maximum absolute atomic E-state index is 11.7. The van der Waals surface area contributed by atoms with Gasteiger partial charge in [0.15, 0.2) is 0 Å². The molecule has 1 aliphatic heterocycles. The van der Waals surface area contributed by atoms with Crippen LogP contribution in [0.25, 0.3) is 0 Å². The molecule has 0 bridgehead atoms. The average molecular weight is 264 g/mol. The van der Waals surface area contributed by atoms with E-state index >= 15 is 0 Å². The molecule has 1 aromatic carbocycles. The number of carbonyl (C=O) groups excluding carboxylic acids is 1. The molecule has 0 aliphatic carbocycles. The third-order valence-corrected chi connectivity index (χ3v) is 4.24. The summed E-state index contributed by atoms with van der Waals surface area (Å²) in [6, 6.07) is 6.05. The zero-order valence-electron chi connectivity index (χ0n) is 11.0. The number of rotatable bonds is 6. The van der Waals surface area contributed by atoms with Crippen molar-refractivity contribution in [1.82, 2.24) is 5.32 Å². The van der Waals surface area contributed by atoms with E-state index in [2.05, 4.69) is 35.8 Å². The molecule has 1 aliphatic rings. The van der Waals surface area contributed by atoms with Crippen molar-refractivity contribution in [3.8, 4) is 0 Å². The Morgan fingerprint density at radius 2 is 2.22 bits per heavy atom. The molecule has 0 spiro atoms. The van der Waals surface area contributed by atoms with Gasteiger partial charge in [-0.05, 0) is 31.4 Å². The molecule has 2 rings (SSSR count). The van der Waals surface area contributed by atoms with Crippen LogP contribution < -0.4 is 10.6 Å². The van der Waals surface area contributed by atoms with Crippen molar-refractivity contribution in [1.29, 1.82) is 0 Å². The summed E-state index contributed by atoms with van der Waals surface area (Å²) in [7, 11) is 1.81. The minimum atomic E-state index is -0.195. The van der Waals surface area contributed by atoms with Crippen LogP contribution in [0.5, 0.6) is 0 Å². The predicted octanol–water partition coefficient (Wildman–Crippen LogP) is 3.18. The van der Waals surface area contributed by atoms with E-state index < -0.39 is 0 Å². The third kappa shape index (κ3) is 2.87. The first kappa shape index (κ1) is 13.4. The fourth-order valence-corrected chi connectivity index (χ4v) is 3.11. The molecule has 3 nitrogen and oxygen atoms in total. The fraction of sp³-hybridized carbons (Fsp3) is 0.500. The molecule has 0 radical (unpaired) electrons. The summed E-state index contributed by atoms with van der Waals surface area (Å²) in [5, 5.41) is 5.96. The lowest BCUT2D eigenvalue weighted by molar-refractivity contribution is -0.117. The van der Waals surface area contributed by atoms with Gasteiger partial charge in [0.05, 0.1) is 0 Å². The van der Waals surface area contributed by atoms with Gasteiger partial charge in [0, 0.05) is 16.1 Å². The Morgan fingerprint density at radius 3 is 2.94 bits per heavy atom. The Hall–Kier alpha value is -1.00. The predicted molar refractivity (Wildman–Crippen MR) is 77.1 cm³/mol. The van der Waals surface area contributed by atoms with Crippen molar-refractivity contribution < 1.29 is 4.79 Å². The van der Waals surface area contributed by atoms with Crippen LogP contribution in [0.2, 0.25) is 0 Å². The van der Waals surface area contributed by atoms with Gasteiger partial charge in [0.2, 0.25) is 5.91 Å². The maximum Gasteiger partial charge on any atom is 0.246 e. The number of benzene rings is 1. The zero-order chi connectivity index (χ0) is 13.0. The number of fused-ring (bicyclic) bond motifs is 1. The lowest BCUT2D eigenvalue weighted by Crippen LogP contribution is -2.23. The first-order valence-electron chi connectivity index (χ1n) is 6.51. The number of anilines is 1. The Balaban J connectivity index is 2.01. The smallest absolute Gasteiger partial charge is 0.246 e. The van der Waals surface area contributed by atoms with E-state index in [1.807, 2.05) is 18.8 Å². The highest BCUT2D eigenvalue weighted by Crippen LogP contribution is 2.34. The maximum atomic E-state index is 11.7. The summed E-state index contributed by atoms with van der Waals surface area (Å²) in [6.45, 7) is 2.22. The van der Waals surface area contributed by atoms with Gasteiger partial charge in [-0.1, -0.05) is 25.8 Å². The van der Waals surface area contributed by atoms with E-state index in [1.54, 1.807) is 0 Å². The number of unbranched alkanes of at least 4 members (excludes halogenated alkanes) is 2. The molecule has 0 saturated heterocycles. The van der Waals surface area contributed by atoms with Crippen molar-refractivity contribution in [3.63, 3.8) is 0 Å². The highest BCUT2D eigenvalue weighted by atomic mass is 32.2.